The van der Waals surface area contributed by atoms with Gasteiger partial charge in [-0.25, -0.2) is 0 Å². The minimum Gasteiger partial charge on any atom is -0.355 e. The lowest BCUT2D eigenvalue weighted by molar-refractivity contribution is 1.18. The summed E-state index contributed by atoms with van der Waals surface area (Å²) >= 11 is 3.78. The van der Waals surface area contributed by atoms with Gasteiger partial charge >= 0.3 is 0 Å². The number of rotatable bonds is 2. The highest BCUT2D eigenvalue weighted by Crippen LogP contribution is 2.50. The fourth-order valence-electron chi connectivity index (χ4n) is 3.51. The summed E-state index contributed by atoms with van der Waals surface area (Å²) in [6, 6.07) is 17.9. The molecule has 3 heteroatoms. The topological polar surface area (TPSA) is 15.8 Å². The third-order valence-corrected chi connectivity index (χ3v) is 7.42. The molecule has 0 spiro atoms. The van der Waals surface area contributed by atoms with Gasteiger partial charge in [-0.2, -0.15) is 0 Å². The molecule has 1 aromatic heterocycles. The highest BCUT2D eigenvalue weighted by molar-refractivity contribution is 8.05. The third kappa shape index (κ3) is 3.83. The van der Waals surface area contributed by atoms with E-state index in [9.17, 15) is 0 Å². The van der Waals surface area contributed by atoms with E-state index in [1.54, 1.807) is 6.92 Å². The van der Waals surface area contributed by atoms with Crippen LogP contribution >= 0.6 is 23.5 Å². The Kier molecular flexibility index (Phi) is 5.76. The first kappa shape index (κ1) is 19.8. The van der Waals surface area contributed by atoms with Gasteiger partial charge in [-0.05, 0) is 66.9 Å². The molecule has 0 amide bonds. The summed E-state index contributed by atoms with van der Waals surface area (Å²) in [6.45, 7) is 6.03. The number of benzene rings is 3. The van der Waals surface area contributed by atoms with E-state index >= 15 is 0 Å². The highest BCUT2D eigenvalue weighted by Gasteiger charge is 2.20. The van der Waals surface area contributed by atoms with Gasteiger partial charge in [0.2, 0.25) is 0 Å². The van der Waals surface area contributed by atoms with E-state index in [0.29, 0.717) is 0 Å². The van der Waals surface area contributed by atoms with Crippen LogP contribution in [0.4, 0.5) is 0 Å². The molecule has 1 aliphatic rings. The van der Waals surface area contributed by atoms with Crippen LogP contribution < -0.4 is 0 Å². The van der Waals surface area contributed by atoms with Crippen LogP contribution in [0.5, 0.6) is 0 Å². The number of nitrogens with one attached hydrogen (secondary N) is 1. The predicted molar refractivity (Wildman–Crippen MR) is 129 cm³/mol. The molecule has 0 atom stereocenters. The van der Waals surface area contributed by atoms with E-state index in [-0.39, 0.29) is 0 Å². The minimum absolute atomic E-state index is 1.06. The molecule has 29 heavy (non-hydrogen) atoms. The fourth-order valence-corrected chi connectivity index (χ4v) is 5.85. The molecule has 4 aromatic rings. The lowest BCUT2D eigenvalue weighted by atomic mass is 10.1. The van der Waals surface area contributed by atoms with E-state index in [2.05, 4.69) is 91.9 Å². The molecule has 1 N–H and O–H groups in total. The molecule has 0 fully saturated rings. The zero-order valence-corrected chi connectivity index (χ0v) is 18.5. The Morgan fingerprint density at radius 1 is 0.966 bits per heavy atom. The van der Waals surface area contributed by atoms with Gasteiger partial charge < -0.3 is 4.98 Å². The Morgan fingerprint density at radius 2 is 1.52 bits per heavy atom. The second-order valence-electron chi connectivity index (χ2n) is 6.96. The van der Waals surface area contributed by atoms with Gasteiger partial charge in [-0.3, -0.25) is 0 Å². The zero-order chi connectivity index (χ0) is 20.4. The van der Waals surface area contributed by atoms with Crippen molar-refractivity contribution in [3.8, 4) is 12.3 Å². The van der Waals surface area contributed by atoms with Crippen molar-refractivity contribution >= 4 is 51.3 Å². The summed E-state index contributed by atoms with van der Waals surface area (Å²) in [5.74, 6) is 2.25. The standard InChI is InChI=1S/C23H19NS2.C3H4/c1-3-4-9-18-14(2)17-12-22-23(13-19(17)24-18)26-21-11-16-8-6-5-7-15(16)10-20(21)25-22;1-3-2/h4-13,24H,3H2,1-2H3;1H,2H3/b9-4-;. The molecule has 0 aliphatic carbocycles. The van der Waals surface area contributed by atoms with Crippen LogP contribution in [-0.4, -0.2) is 4.98 Å². The normalized spacial score (nSPS) is 12.3. The van der Waals surface area contributed by atoms with Crippen molar-refractivity contribution in [2.75, 3.05) is 0 Å². The first-order chi connectivity index (χ1) is 14.1. The van der Waals surface area contributed by atoms with Crippen molar-refractivity contribution in [1.82, 2.24) is 4.98 Å². The molecule has 1 nitrogen and oxygen atoms in total. The van der Waals surface area contributed by atoms with Gasteiger partial charge in [-0.15, -0.1) is 12.3 Å². The van der Waals surface area contributed by atoms with E-state index in [4.69, 9.17) is 0 Å². The summed E-state index contributed by atoms with van der Waals surface area (Å²) in [6.07, 6.45) is 10.1. The van der Waals surface area contributed by atoms with E-state index in [1.807, 2.05) is 23.5 Å². The number of hydrogen-bond donors (Lipinski definition) is 1. The number of aryl methyl sites for hydroxylation is 1. The number of H-pyrrole nitrogens is 1. The van der Waals surface area contributed by atoms with Crippen LogP contribution in [0.3, 0.4) is 0 Å². The summed E-state index contributed by atoms with van der Waals surface area (Å²) in [5.41, 5.74) is 3.79. The van der Waals surface area contributed by atoms with E-state index in [1.165, 1.54) is 52.5 Å². The number of fused-ring (bicyclic) bond motifs is 4. The zero-order valence-electron chi connectivity index (χ0n) is 16.9. The molecule has 3 aromatic carbocycles. The van der Waals surface area contributed by atoms with Crippen molar-refractivity contribution in [2.24, 2.45) is 0 Å². The average molecular weight is 414 g/mol. The van der Waals surface area contributed by atoms with E-state index < -0.39 is 0 Å². The molecule has 0 unspecified atom stereocenters. The Hall–Kier alpha value is -2.54. The van der Waals surface area contributed by atoms with Crippen molar-refractivity contribution in [2.45, 2.75) is 46.8 Å². The summed E-state index contributed by atoms with van der Waals surface area (Å²) in [4.78, 5) is 9.01. The van der Waals surface area contributed by atoms with Crippen LogP contribution in [0.15, 0.2) is 74.2 Å². The van der Waals surface area contributed by atoms with Crippen molar-refractivity contribution in [3.05, 3.63) is 65.9 Å². The van der Waals surface area contributed by atoms with Crippen molar-refractivity contribution < 1.29 is 0 Å². The molecule has 2 heterocycles. The quantitative estimate of drug-likeness (QED) is 0.293. The number of aromatic nitrogens is 1. The molecular formula is C26H23NS2. The Balaban J connectivity index is 0.000000645. The van der Waals surface area contributed by atoms with Gasteiger partial charge in [0.1, 0.15) is 0 Å². The van der Waals surface area contributed by atoms with Crippen molar-refractivity contribution in [1.29, 1.82) is 0 Å². The second-order valence-corrected chi connectivity index (χ2v) is 9.13. The van der Waals surface area contributed by atoms with Gasteiger partial charge in [0.25, 0.3) is 0 Å². The van der Waals surface area contributed by atoms with Crippen LogP contribution in [0.2, 0.25) is 0 Å². The molecule has 0 bridgehead atoms. The van der Waals surface area contributed by atoms with Crippen LogP contribution in [0.25, 0.3) is 27.8 Å². The Morgan fingerprint density at radius 3 is 2.10 bits per heavy atom. The first-order valence-corrected chi connectivity index (χ1v) is 11.4. The summed E-state index contributed by atoms with van der Waals surface area (Å²) in [7, 11) is 0. The molecule has 5 rings (SSSR count). The average Bonchev–Trinajstić information content (AvgIpc) is 3.02. The monoisotopic (exact) mass is 413 g/mol. The minimum atomic E-state index is 1.06. The van der Waals surface area contributed by atoms with E-state index in [0.717, 1.165) is 6.42 Å². The highest BCUT2D eigenvalue weighted by atomic mass is 32.2. The molecule has 0 radical (unpaired) electrons. The van der Waals surface area contributed by atoms with Gasteiger partial charge in [0, 0.05) is 36.2 Å². The fraction of sp³-hybridized carbons (Fsp3) is 0.154. The lowest BCUT2D eigenvalue weighted by Crippen LogP contribution is -1.90. The van der Waals surface area contributed by atoms with Crippen LogP contribution in [0, 0.1) is 19.3 Å². The molecule has 0 saturated heterocycles. The maximum Gasteiger partial charge on any atom is 0.0473 e. The molecule has 144 valence electrons. The predicted octanol–water partition coefficient (Wildman–Crippen LogP) is 8.31. The maximum atomic E-state index is 4.60. The number of allylic oxidation sites excluding steroid dienone is 1. The number of aromatic amines is 1. The van der Waals surface area contributed by atoms with Crippen LogP contribution in [-0.2, 0) is 0 Å². The van der Waals surface area contributed by atoms with Crippen LogP contribution in [0.1, 0.15) is 31.5 Å². The van der Waals surface area contributed by atoms with Gasteiger partial charge in [0.05, 0.1) is 0 Å². The maximum absolute atomic E-state index is 4.60. The second kappa shape index (κ2) is 8.45. The molecule has 0 saturated carbocycles. The lowest BCUT2D eigenvalue weighted by Gasteiger charge is -2.19. The van der Waals surface area contributed by atoms with Gasteiger partial charge in [0.15, 0.2) is 0 Å². The van der Waals surface area contributed by atoms with Crippen molar-refractivity contribution in [3.63, 3.8) is 0 Å². The number of hydrogen-bond acceptors (Lipinski definition) is 2. The Labute approximate surface area is 181 Å². The summed E-state index contributed by atoms with van der Waals surface area (Å²) < 4.78 is 0. The third-order valence-electron chi connectivity index (χ3n) is 4.93. The molecule has 1 aliphatic heterocycles. The SMILES string of the molecule is C#CC.CC/C=C\c1[nH]c2cc3c(cc2c1C)Sc1cc2ccccc2cc1S3. The smallest absolute Gasteiger partial charge is 0.0473 e. The largest absolute Gasteiger partial charge is 0.355 e. The Bertz CT molecular complexity index is 1270. The first-order valence-electron chi connectivity index (χ1n) is 9.73. The van der Waals surface area contributed by atoms with Gasteiger partial charge in [-0.1, -0.05) is 60.8 Å². The number of terminal acetylenes is 1. The summed E-state index contributed by atoms with van der Waals surface area (Å²) in [5, 5.41) is 3.96. The molecular weight excluding hydrogens is 390 g/mol.